The van der Waals surface area contributed by atoms with E-state index in [0.717, 1.165) is 0 Å². The summed E-state index contributed by atoms with van der Waals surface area (Å²) in [5.74, 6) is 0.708. The van der Waals surface area contributed by atoms with Gasteiger partial charge < -0.3 is 9.76 Å². The smallest absolute Gasteiger partial charge is 0.296 e. The third-order valence-corrected chi connectivity index (χ3v) is 3.19. The van der Waals surface area contributed by atoms with E-state index in [9.17, 15) is 0 Å². The van der Waals surface area contributed by atoms with E-state index in [1.807, 2.05) is 7.48 Å². The lowest BCUT2D eigenvalue weighted by Gasteiger charge is -2.38. The number of hydrogen-bond acceptors (Lipinski definition) is 3. The molecule has 0 bridgehead atoms. The molecule has 1 fully saturated rings. The summed E-state index contributed by atoms with van der Waals surface area (Å²) in [6.45, 7) is 8.07. The molecule has 0 atom stereocenters. The van der Waals surface area contributed by atoms with E-state index < -0.39 is 0 Å². The zero-order chi connectivity index (χ0) is 12.1. The predicted octanol–water partition coefficient (Wildman–Crippen LogP) is 2.39. The Balaban J connectivity index is 0.000000583. The van der Waals surface area contributed by atoms with Crippen molar-refractivity contribution in [3.63, 3.8) is 0 Å². The maximum absolute atomic E-state index is 8.36. The van der Waals surface area contributed by atoms with Crippen LogP contribution in [-0.4, -0.2) is 29.4 Å². The molecule has 0 aromatic heterocycles. The third kappa shape index (κ3) is 6.10. The van der Waals surface area contributed by atoms with Gasteiger partial charge in [-0.1, -0.05) is 12.8 Å². The van der Waals surface area contributed by atoms with E-state index in [2.05, 4.69) is 40.3 Å². The van der Waals surface area contributed by atoms with E-state index in [4.69, 9.17) is 14.6 Å². The molecule has 1 saturated carbocycles. The van der Waals surface area contributed by atoms with Gasteiger partial charge in [-0.15, -0.1) is 0 Å². The zero-order valence-corrected chi connectivity index (χ0v) is 10.8. The van der Waals surface area contributed by atoms with Gasteiger partial charge in [-0.2, -0.15) is 12.6 Å². The highest BCUT2D eigenvalue weighted by molar-refractivity contribution is 7.81. The molecule has 0 aromatic carbocycles. The Hall–Kier alpha value is -0.155. The van der Waals surface area contributed by atoms with E-state index in [0.29, 0.717) is 5.82 Å². The van der Waals surface area contributed by atoms with E-state index in [1.54, 1.807) is 0 Å². The Bertz CT molecular complexity index is 197. The van der Waals surface area contributed by atoms with E-state index in [1.165, 1.54) is 12.8 Å². The number of rotatable bonds is 4. The molecule has 1 aliphatic rings. The molecule has 1 aliphatic carbocycles. The molecule has 5 heteroatoms. The molecule has 0 aromatic rings. The van der Waals surface area contributed by atoms with Crippen molar-refractivity contribution in [3.05, 3.63) is 0 Å². The van der Waals surface area contributed by atoms with Gasteiger partial charge in [0.15, 0.2) is 0 Å². The van der Waals surface area contributed by atoms with Crippen LogP contribution in [0.4, 0.5) is 0 Å². The Morgan fingerprint density at radius 3 is 2.07 bits per heavy atom. The largest absolute Gasteiger partial charge is 0.483 e. The molecular weight excluding hydrogens is 211 g/mol. The topological polar surface area (TPSA) is 46.5 Å². The first-order valence-electron chi connectivity index (χ1n) is 5.06. The monoisotopic (exact) mass is 231 g/mol. The number of carbonyl (C=O) groups is 1. The predicted molar refractivity (Wildman–Crippen MR) is 65.7 cm³/mol. The molecule has 0 saturated heterocycles. The van der Waals surface area contributed by atoms with Crippen molar-refractivity contribution in [2.24, 2.45) is 0 Å². The lowest BCUT2D eigenvalue weighted by atomic mass is 9.86. The molecule has 0 aliphatic heterocycles. The van der Waals surface area contributed by atoms with Crippen molar-refractivity contribution < 1.29 is 14.6 Å². The van der Waals surface area contributed by atoms with Crippen molar-refractivity contribution in [1.82, 2.24) is 0 Å². The lowest BCUT2D eigenvalue weighted by molar-refractivity contribution is -0.122. The average molecular weight is 231 g/mol. The van der Waals surface area contributed by atoms with Crippen LogP contribution >= 0.6 is 12.6 Å². The van der Waals surface area contributed by atoms with Crippen LogP contribution in [0, 0.1) is 0 Å². The van der Waals surface area contributed by atoms with Crippen molar-refractivity contribution in [2.75, 3.05) is 0 Å². The summed E-state index contributed by atoms with van der Waals surface area (Å²) in [5.41, 5.74) is -0.182. The highest BCUT2D eigenvalue weighted by Gasteiger charge is 2.36. The Morgan fingerprint density at radius 1 is 1.40 bits per heavy atom. The first-order chi connectivity index (χ1) is 6.74. The summed E-state index contributed by atoms with van der Waals surface area (Å²) in [6, 6.07) is 0. The maximum atomic E-state index is 8.36. The maximum Gasteiger partial charge on any atom is 0.296 e. The molecule has 1 radical (unpaired) electrons. The fraction of sp³-hybridized carbons (Fsp3) is 0.900. The molecule has 1 N–H and O–H groups in total. The van der Waals surface area contributed by atoms with Crippen LogP contribution in [0.25, 0.3) is 0 Å². The van der Waals surface area contributed by atoms with Crippen LogP contribution < -0.4 is 0 Å². The summed E-state index contributed by atoms with van der Waals surface area (Å²) < 4.78 is 5.62. The van der Waals surface area contributed by atoms with Gasteiger partial charge in [0.25, 0.3) is 14.0 Å². The number of thiol groups is 1. The number of carboxylic acid groups (broad SMARTS) is 1. The molecule has 15 heavy (non-hydrogen) atoms. The lowest BCUT2D eigenvalue weighted by Crippen LogP contribution is -2.44. The van der Waals surface area contributed by atoms with Crippen LogP contribution in [0.15, 0.2) is 0 Å². The minimum absolute atomic E-state index is 0.0988. The standard InChI is InChI=1S/C9H18BOS.CH2O2/c1-8(2,9(3,4)12)11-10-7-5-6-7;2-1-3/h7,12H,5-6H2,1-4H3;1H,(H,2,3). The van der Waals surface area contributed by atoms with Gasteiger partial charge in [0.2, 0.25) is 0 Å². The fourth-order valence-electron chi connectivity index (χ4n) is 0.643. The molecule has 0 heterocycles. The third-order valence-electron chi connectivity index (χ3n) is 2.65. The Labute approximate surface area is 98.3 Å². The highest BCUT2D eigenvalue weighted by Crippen LogP contribution is 2.38. The number of hydrogen-bond donors (Lipinski definition) is 2. The molecular formula is C10H20BO3S. The minimum atomic E-state index is -0.250. The van der Waals surface area contributed by atoms with Crippen LogP contribution in [0.1, 0.15) is 40.5 Å². The molecule has 0 amide bonds. The van der Waals surface area contributed by atoms with Gasteiger partial charge >= 0.3 is 0 Å². The summed E-state index contributed by atoms with van der Waals surface area (Å²) in [4.78, 5) is 8.36. The van der Waals surface area contributed by atoms with Crippen LogP contribution in [-0.2, 0) is 9.45 Å². The van der Waals surface area contributed by atoms with Crippen LogP contribution in [0.3, 0.4) is 0 Å². The van der Waals surface area contributed by atoms with Gasteiger partial charge in [-0.05, 0) is 33.5 Å². The molecule has 3 nitrogen and oxygen atoms in total. The van der Waals surface area contributed by atoms with Gasteiger partial charge in [0.1, 0.15) is 0 Å². The minimum Gasteiger partial charge on any atom is -0.483 e. The molecule has 87 valence electrons. The van der Waals surface area contributed by atoms with Crippen molar-refractivity contribution in [3.8, 4) is 0 Å². The average Bonchev–Trinajstić information content (AvgIpc) is 2.83. The van der Waals surface area contributed by atoms with Crippen molar-refractivity contribution in [1.29, 1.82) is 0 Å². The highest BCUT2D eigenvalue weighted by atomic mass is 32.1. The van der Waals surface area contributed by atoms with Gasteiger partial charge in [0.05, 0.1) is 5.60 Å². The molecule has 0 unspecified atom stereocenters. The van der Waals surface area contributed by atoms with Crippen molar-refractivity contribution >= 4 is 26.6 Å². The fourth-order valence-corrected chi connectivity index (χ4v) is 0.696. The van der Waals surface area contributed by atoms with E-state index >= 15 is 0 Å². The van der Waals surface area contributed by atoms with Crippen LogP contribution in [0.5, 0.6) is 0 Å². The zero-order valence-electron chi connectivity index (χ0n) is 9.86. The van der Waals surface area contributed by atoms with Gasteiger partial charge in [0, 0.05) is 4.75 Å². The second-order valence-electron chi connectivity index (χ2n) is 4.77. The summed E-state index contributed by atoms with van der Waals surface area (Å²) in [7, 11) is 1.98. The first-order valence-corrected chi connectivity index (χ1v) is 5.50. The van der Waals surface area contributed by atoms with Gasteiger partial charge in [-0.3, -0.25) is 4.79 Å². The van der Waals surface area contributed by atoms with Crippen molar-refractivity contribution in [2.45, 2.75) is 56.7 Å². The molecule has 1 rings (SSSR count). The summed E-state index contributed by atoms with van der Waals surface area (Å²) >= 11 is 4.51. The molecule has 0 spiro atoms. The Kier molecular flexibility index (Phi) is 5.74. The Morgan fingerprint density at radius 2 is 1.80 bits per heavy atom. The normalized spacial score (nSPS) is 16.3. The second kappa shape index (κ2) is 5.80. The first kappa shape index (κ1) is 14.8. The quantitative estimate of drug-likeness (QED) is 0.443. The summed E-state index contributed by atoms with van der Waals surface area (Å²) in [5, 5.41) is 6.89. The van der Waals surface area contributed by atoms with E-state index in [-0.39, 0.29) is 16.8 Å². The summed E-state index contributed by atoms with van der Waals surface area (Å²) in [6.07, 6.45) is 2.59. The van der Waals surface area contributed by atoms with Crippen LogP contribution in [0.2, 0.25) is 5.82 Å². The second-order valence-corrected chi connectivity index (χ2v) is 5.88. The van der Waals surface area contributed by atoms with Gasteiger partial charge in [-0.25, -0.2) is 0 Å². The SMILES string of the molecule is CC(C)(S)C(C)(C)O[B]C1CC1.O=CO.